The molecule has 1 aliphatic carbocycles. The molecule has 140 valence electrons. The summed E-state index contributed by atoms with van der Waals surface area (Å²) in [5, 5.41) is 7.02. The average Bonchev–Trinajstić information content (AvgIpc) is 2.59. The number of ether oxygens (including phenoxy) is 1. The fourth-order valence-electron chi connectivity index (χ4n) is 3.46. The maximum absolute atomic E-state index is 5.36. The van der Waals surface area contributed by atoms with Crippen molar-refractivity contribution >= 4 is 5.96 Å². The highest BCUT2D eigenvalue weighted by molar-refractivity contribution is 5.79. The first-order chi connectivity index (χ1) is 12.0. The van der Waals surface area contributed by atoms with Gasteiger partial charge < -0.3 is 20.3 Å². The van der Waals surface area contributed by atoms with Crippen molar-refractivity contribution in [3.63, 3.8) is 0 Å². The summed E-state index contributed by atoms with van der Waals surface area (Å²) in [5.41, 5.74) is 1.71. The topological polar surface area (TPSA) is 48.9 Å². The molecule has 1 aromatic carbocycles. The molecule has 0 heterocycles. The zero-order valence-electron chi connectivity index (χ0n) is 16.4. The number of hydrogen-bond donors (Lipinski definition) is 2. The van der Waals surface area contributed by atoms with Gasteiger partial charge in [0.05, 0.1) is 13.2 Å². The molecule has 0 bridgehead atoms. The fourth-order valence-corrected chi connectivity index (χ4v) is 3.46. The van der Waals surface area contributed by atoms with E-state index in [0.717, 1.165) is 24.8 Å². The summed E-state index contributed by atoms with van der Waals surface area (Å²) in [7, 11) is 7.74. The Balaban J connectivity index is 1.94. The smallest absolute Gasteiger partial charge is 0.191 e. The van der Waals surface area contributed by atoms with Crippen LogP contribution in [0.4, 0.5) is 0 Å². The van der Waals surface area contributed by atoms with Gasteiger partial charge >= 0.3 is 0 Å². The number of hydrogen-bond acceptors (Lipinski definition) is 3. The van der Waals surface area contributed by atoms with E-state index in [-0.39, 0.29) is 6.04 Å². The lowest BCUT2D eigenvalue weighted by molar-refractivity contribution is 0.131. The number of likely N-dealkylation sites (N-methyl/N-ethyl adjacent to an activating group) is 1. The van der Waals surface area contributed by atoms with Gasteiger partial charge in [0.2, 0.25) is 0 Å². The molecular formula is C20H34N4O. The molecule has 0 aromatic heterocycles. The number of rotatable bonds is 8. The second kappa shape index (κ2) is 9.09. The van der Waals surface area contributed by atoms with Crippen LogP contribution in [0.5, 0.6) is 5.75 Å². The molecule has 5 heteroatoms. The minimum absolute atomic E-state index is 0.248. The molecule has 1 fully saturated rings. The van der Waals surface area contributed by atoms with Crippen molar-refractivity contribution in [2.24, 2.45) is 10.4 Å². The standard InChI is InChI=1S/C20H34N4O/c1-6-20(11-8-12-20)15-23-19(21-2)22-14-18(24(3)4)16-9-7-10-17(13-16)25-5/h7,9-10,13,18H,6,8,11-12,14-15H2,1-5H3,(H2,21,22,23). The van der Waals surface area contributed by atoms with Crippen molar-refractivity contribution in [3.05, 3.63) is 29.8 Å². The molecule has 1 saturated carbocycles. The van der Waals surface area contributed by atoms with Crippen molar-refractivity contribution in [2.75, 3.05) is 41.3 Å². The number of nitrogens with one attached hydrogen (secondary N) is 2. The normalized spacial score (nSPS) is 17.8. The number of nitrogens with zero attached hydrogens (tertiary/aromatic N) is 2. The lowest BCUT2D eigenvalue weighted by Crippen LogP contribution is -2.47. The van der Waals surface area contributed by atoms with E-state index in [9.17, 15) is 0 Å². The van der Waals surface area contributed by atoms with Crippen LogP contribution in [0.15, 0.2) is 29.3 Å². The lowest BCUT2D eigenvalue weighted by Gasteiger charge is -2.41. The van der Waals surface area contributed by atoms with Crippen molar-refractivity contribution in [2.45, 2.75) is 38.6 Å². The van der Waals surface area contributed by atoms with Crippen LogP contribution in [0.2, 0.25) is 0 Å². The first-order valence-electron chi connectivity index (χ1n) is 9.28. The minimum atomic E-state index is 0.248. The zero-order chi connectivity index (χ0) is 18.3. The molecule has 0 aliphatic heterocycles. The van der Waals surface area contributed by atoms with Gasteiger partial charge in [-0.15, -0.1) is 0 Å². The van der Waals surface area contributed by atoms with E-state index in [1.807, 2.05) is 19.2 Å². The van der Waals surface area contributed by atoms with Crippen LogP contribution in [0.25, 0.3) is 0 Å². The highest BCUT2D eigenvalue weighted by Crippen LogP contribution is 2.42. The maximum atomic E-state index is 5.36. The summed E-state index contributed by atoms with van der Waals surface area (Å²) in [4.78, 5) is 6.61. The first kappa shape index (κ1) is 19.6. The van der Waals surface area contributed by atoms with Gasteiger partial charge in [-0.25, -0.2) is 0 Å². The van der Waals surface area contributed by atoms with Crippen LogP contribution in [0.1, 0.15) is 44.2 Å². The molecule has 5 nitrogen and oxygen atoms in total. The molecule has 0 spiro atoms. The van der Waals surface area contributed by atoms with E-state index in [0.29, 0.717) is 5.41 Å². The second-order valence-electron chi connectivity index (χ2n) is 7.27. The molecular weight excluding hydrogens is 312 g/mol. The van der Waals surface area contributed by atoms with Crippen LogP contribution >= 0.6 is 0 Å². The Bertz CT molecular complexity index is 561. The Morgan fingerprint density at radius 2 is 2.08 bits per heavy atom. The largest absolute Gasteiger partial charge is 0.497 e. The van der Waals surface area contributed by atoms with E-state index in [4.69, 9.17) is 4.74 Å². The second-order valence-corrected chi connectivity index (χ2v) is 7.27. The SMILES string of the molecule is CCC1(CNC(=NC)NCC(c2cccc(OC)c2)N(C)C)CCC1. The molecule has 1 aliphatic rings. The summed E-state index contributed by atoms with van der Waals surface area (Å²) in [6.45, 7) is 4.09. The van der Waals surface area contributed by atoms with E-state index in [1.165, 1.54) is 31.2 Å². The van der Waals surface area contributed by atoms with Crippen molar-refractivity contribution in [1.82, 2.24) is 15.5 Å². The van der Waals surface area contributed by atoms with Gasteiger partial charge in [0.1, 0.15) is 5.75 Å². The summed E-state index contributed by atoms with van der Waals surface area (Å²) < 4.78 is 5.36. The van der Waals surface area contributed by atoms with Crippen LogP contribution in [-0.2, 0) is 0 Å². The molecule has 0 radical (unpaired) electrons. The Kier molecular flexibility index (Phi) is 7.12. The third-order valence-electron chi connectivity index (χ3n) is 5.58. The number of benzene rings is 1. The van der Waals surface area contributed by atoms with Crippen LogP contribution in [0.3, 0.4) is 0 Å². The average molecular weight is 347 g/mol. The highest BCUT2D eigenvalue weighted by Gasteiger charge is 2.34. The Labute approximate surface area is 152 Å². The molecule has 1 aromatic rings. The maximum Gasteiger partial charge on any atom is 0.191 e. The number of guanidine groups is 1. The summed E-state index contributed by atoms with van der Waals surface area (Å²) in [6, 6.07) is 8.51. The highest BCUT2D eigenvalue weighted by atomic mass is 16.5. The van der Waals surface area contributed by atoms with E-state index < -0.39 is 0 Å². The van der Waals surface area contributed by atoms with Crippen LogP contribution in [0, 0.1) is 5.41 Å². The first-order valence-corrected chi connectivity index (χ1v) is 9.28. The zero-order valence-corrected chi connectivity index (χ0v) is 16.4. The third kappa shape index (κ3) is 5.11. The summed E-state index contributed by atoms with van der Waals surface area (Å²) >= 11 is 0. The monoisotopic (exact) mass is 346 g/mol. The van der Waals surface area contributed by atoms with Gasteiger partial charge in [-0.1, -0.05) is 25.5 Å². The van der Waals surface area contributed by atoms with Gasteiger partial charge in [0.25, 0.3) is 0 Å². The predicted octanol–water partition coefficient (Wildman–Crippen LogP) is 3.04. The predicted molar refractivity (Wildman–Crippen MR) is 105 cm³/mol. The molecule has 2 rings (SSSR count). The van der Waals surface area contributed by atoms with Gasteiger partial charge in [0.15, 0.2) is 5.96 Å². The molecule has 2 N–H and O–H groups in total. The molecule has 1 atom stereocenters. The van der Waals surface area contributed by atoms with Gasteiger partial charge in [-0.05, 0) is 56.5 Å². The molecule has 0 amide bonds. The summed E-state index contributed by atoms with van der Waals surface area (Å²) in [6.07, 6.45) is 5.26. The summed E-state index contributed by atoms with van der Waals surface area (Å²) in [5.74, 6) is 1.77. The van der Waals surface area contributed by atoms with E-state index in [2.05, 4.69) is 53.7 Å². The van der Waals surface area contributed by atoms with Crippen molar-refractivity contribution in [1.29, 1.82) is 0 Å². The van der Waals surface area contributed by atoms with Crippen molar-refractivity contribution < 1.29 is 4.74 Å². The molecule has 25 heavy (non-hydrogen) atoms. The van der Waals surface area contributed by atoms with Crippen molar-refractivity contribution in [3.8, 4) is 5.75 Å². The minimum Gasteiger partial charge on any atom is -0.497 e. The fraction of sp³-hybridized carbons (Fsp3) is 0.650. The lowest BCUT2D eigenvalue weighted by atomic mass is 9.67. The number of methoxy groups -OCH3 is 1. The molecule has 1 unspecified atom stereocenters. The number of aliphatic imine (C=N–C) groups is 1. The van der Waals surface area contributed by atoms with Gasteiger partial charge in [-0.2, -0.15) is 0 Å². The molecule has 0 saturated heterocycles. The van der Waals surface area contributed by atoms with Crippen LogP contribution in [-0.4, -0.2) is 52.2 Å². The van der Waals surface area contributed by atoms with Gasteiger partial charge in [0, 0.05) is 20.1 Å². The van der Waals surface area contributed by atoms with E-state index in [1.54, 1.807) is 7.11 Å². The Morgan fingerprint density at radius 3 is 2.60 bits per heavy atom. The van der Waals surface area contributed by atoms with E-state index >= 15 is 0 Å². The Morgan fingerprint density at radius 1 is 1.32 bits per heavy atom. The third-order valence-corrected chi connectivity index (χ3v) is 5.58. The van der Waals surface area contributed by atoms with Gasteiger partial charge in [-0.3, -0.25) is 4.99 Å². The quantitative estimate of drug-likeness (QED) is 0.561. The van der Waals surface area contributed by atoms with Crippen LogP contribution < -0.4 is 15.4 Å². The Hall–Kier alpha value is -1.75.